The summed E-state index contributed by atoms with van der Waals surface area (Å²) in [6, 6.07) is 7.54. The third-order valence-corrected chi connectivity index (χ3v) is 2.41. The first-order valence-electron chi connectivity index (χ1n) is 5.03. The van der Waals surface area contributed by atoms with E-state index < -0.39 is 0 Å². The molecule has 0 atom stereocenters. The minimum Gasteiger partial charge on any atom is -0.497 e. The van der Waals surface area contributed by atoms with Crippen LogP contribution in [0.5, 0.6) is 5.75 Å². The molecule has 17 heavy (non-hydrogen) atoms. The normalized spacial score (nSPS) is 10.0. The maximum absolute atomic E-state index is 5.08. The molecule has 5 nitrogen and oxygen atoms in total. The molecule has 88 valence electrons. The third-order valence-electron chi connectivity index (χ3n) is 2.23. The quantitative estimate of drug-likeness (QED) is 0.817. The maximum Gasteiger partial charge on any atom is 0.215 e. The van der Waals surface area contributed by atoms with Crippen LogP contribution in [0.15, 0.2) is 24.3 Å². The average Bonchev–Trinajstić information content (AvgIpc) is 2.35. The number of H-pyrrole nitrogens is 1. The predicted molar refractivity (Wildman–Crippen MR) is 68.2 cm³/mol. The molecule has 1 heterocycles. The summed E-state index contributed by atoms with van der Waals surface area (Å²) in [5.41, 5.74) is 1.67. The highest BCUT2D eigenvalue weighted by molar-refractivity contribution is 7.71. The van der Waals surface area contributed by atoms with Gasteiger partial charge >= 0.3 is 0 Å². The molecule has 0 aliphatic rings. The summed E-state index contributed by atoms with van der Waals surface area (Å²) in [5.74, 6) is 1.46. The summed E-state index contributed by atoms with van der Waals surface area (Å²) < 4.78 is 5.44. The van der Waals surface area contributed by atoms with Crippen molar-refractivity contribution in [1.29, 1.82) is 0 Å². The van der Waals surface area contributed by atoms with Crippen molar-refractivity contribution >= 4 is 23.7 Å². The highest BCUT2D eigenvalue weighted by Gasteiger charge is 2.02. The van der Waals surface area contributed by atoms with Crippen molar-refractivity contribution < 1.29 is 4.74 Å². The number of rotatable bonds is 3. The largest absolute Gasteiger partial charge is 0.497 e. The molecular formula is C11H12N4OS. The van der Waals surface area contributed by atoms with Gasteiger partial charge in [-0.2, -0.15) is 10.1 Å². The predicted octanol–water partition coefficient (Wildman–Crippen LogP) is 2.59. The van der Waals surface area contributed by atoms with Crippen LogP contribution in [-0.2, 0) is 0 Å². The van der Waals surface area contributed by atoms with E-state index in [2.05, 4.69) is 20.5 Å². The minimum absolute atomic E-state index is 0.353. The Morgan fingerprint density at radius 1 is 1.29 bits per heavy atom. The van der Waals surface area contributed by atoms with Crippen molar-refractivity contribution in [2.45, 2.75) is 6.92 Å². The van der Waals surface area contributed by atoms with Crippen molar-refractivity contribution in [2.75, 3.05) is 12.4 Å². The van der Waals surface area contributed by atoms with E-state index in [4.69, 9.17) is 17.0 Å². The molecule has 2 N–H and O–H groups in total. The van der Waals surface area contributed by atoms with Gasteiger partial charge in [-0.05, 0) is 43.4 Å². The average molecular weight is 248 g/mol. The van der Waals surface area contributed by atoms with Crippen LogP contribution in [0.4, 0.5) is 11.5 Å². The highest BCUT2D eigenvalue weighted by atomic mass is 32.1. The summed E-state index contributed by atoms with van der Waals surface area (Å²) in [6.45, 7) is 1.85. The molecule has 0 fully saturated rings. The summed E-state index contributed by atoms with van der Waals surface area (Å²) in [7, 11) is 1.63. The lowest BCUT2D eigenvalue weighted by Crippen LogP contribution is -2.00. The molecule has 0 unspecified atom stereocenters. The van der Waals surface area contributed by atoms with Gasteiger partial charge in [0.15, 0.2) is 5.82 Å². The number of anilines is 2. The Kier molecular flexibility index (Phi) is 3.34. The van der Waals surface area contributed by atoms with Crippen LogP contribution < -0.4 is 10.1 Å². The van der Waals surface area contributed by atoms with Gasteiger partial charge in [0, 0.05) is 5.69 Å². The zero-order valence-corrected chi connectivity index (χ0v) is 10.3. The van der Waals surface area contributed by atoms with Gasteiger partial charge in [0.2, 0.25) is 4.77 Å². The minimum atomic E-state index is 0.353. The SMILES string of the molecule is COc1ccc(Nc2nc(=S)[nH]nc2C)cc1. The molecule has 0 saturated carbocycles. The van der Waals surface area contributed by atoms with Gasteiger partial charge in [0.05, 0.1) is 7.11 Å². The Morgan fingerprint density at radius 2 is 2.00 bits per heavy atom. The van der Waals surface area contributed by atoms with Crippen LogP contribution in [0, 0.1) is 11.7 Å². The van der Waals surface area contributed by atoms with Crippen LogP contribution >= 0.6 is 12.2 Å². The zero-order valence-electron chi connectivity index (χ0n) is 9.52. The molecule has 1 aromatic heterocycles. The van der Waals surface area contributed by atoms with Gasteiger partial charge < -0.3 is 10.1 Å². The molecule has 1 aromatic carbocycles. The van der Waals surface area contributed by atoms with Gasteiger partial charge in [-0.3, -0.25) is 5.10 Å². The molecule has 0 aliphatic heterocycles. The fourth-order valence-electron chi connectivity index (χ4n) is 1.32. The van der Waals surface area contributed by atoms with Crippen molar-refractivity contribution in [2.24, 2.45) is 0 Å². The standard InChI is InChI=1S/C11H12N4OS/c1-7-10(13-11(17)15-14-7)12-8-3-5-9(16-2)6-4-8/h3-6H,1-2H3,(H2,12,13,15,17). The van der Waals surface area contributed by atoms with Crippen LogP contribution in [0.2, 0.25) is 0 Å². The molecule has 0 aliphatic carbocycles. The van der Waals surface area contributed by atoms with Crippen LogP contribution in [-0.4, -0.2) is 22.3 Å². The fourth-order valence-corrected chi connectivity index (χ4v) is 1.46. The second-order valence-electron chi connectivity index (χ2n) is 3.43. The molecular weight excluding hydrogens is 236 g/mol. The highest BCUT2D eigenvalue weighted by Crippen LogP contribution is 2.19. The molecule has 2 aromatic rings. The van der Waals surface area contributed by atoms with Crippen molar-refractivity contribution in [3.63, 3.8) is 0 Å². The van der Waals surface area contributed by atoms with Crippen molar-refractivity contribution in [3.05, 3.63) is 34.7 Å². The number of aromatic nitrogens is 3. The smallest absolute Gasteiger partial charge is 0.215 e. The summed E-state index contributed by atoms with van der Waals surface area (Å²) in [4.78, 5) is 4.16. The van der Waals surface area contributed by atoms with Crippen molar-refractivity contribution in [3.8, 4) is 5.75 Å². The van der Waals surface area contributed by atoms with E-state index in [0.717, 1.165) is 17.1 Å². The second kappa shape index (κ2) is 4.92. The van der Waals surface area contributed by atoms with E-state index in [-0.39, 0.29) is 0 Å². The fraction of sp³-hybridized carbons (Fsp3) is 0.182. The topological polar surface area (TPSA) is 62.8 Å². The van der Waals surface area contributed by atoms with Crippen LogP contribution in [0.3, 0.4) is 0 Å². The number of benzene rings is 1. The lowest BCUT2D eigenvalue weighted by atomic mass is 10.3. The number of ether oxygens (including phenoxy) is 1. The number of nitrogens with one attached hydrogen (secondary N) is 2. The Hall–Kier alpha value is -1.95. The van der Waals surface area contributed by atoms with E-state index in [0.29, 0.717) is 10.6 Å². The molecule has 6 heteroatoms. The van der Waals surface area contributed by atoms with E-state index in [1.165, 1.54) is 0 Å². The third kappa shape index (κ3) is 2.79. The second-order valence-corrected chi connectivity index (χ2v) is 3.81. The summed E-state index contributed by atoms with van der Waals surface area (Å²) >= 11 is 4.93. The van der Waals surface area contributed by atoms with Gasteiger partial charge in [-0.15, -0.1) is 0 Å². The first kappa shape index (κ1) is 11.5. The molecule has 0 radical (unpaired) electrons. The first-order valence-corrected chi connectivity index (χ1v) is 5.44. The Bertz CT molecular complexity index is 564. The van der Waals surface area contributed by atoms with Crippen molar-refractivity contribution in [1.82, 2.24) is 15.2 Å². The van der Waals surface area contributed by atoms with Gasteiger partial charge in [-0.1, -0.05) is 0 Å². The van der Waals surface area contributed by atoms with E-state index in [1.807, 2.05) is 31.2 Å². The van der Waals surface area contributed by atoms with E-state index in [1.54, 1.807) is 7.11 Å². The van der Waals surface area contributed by atoms with E-state index >= 15 is 0 Å². The molecule has 0 bridgehead atoms. The Morgan fingerprint density at radius 3 is 2.65 bits per heavy atom. The zero-order chi connectivity index (χ0) is 12.3. The number of methoxy groups -OCH3 is 1. The Balaban J connectivity index is 2.24. The molecule has 0 saturated heterocycles. The number of hydrogen-bond donors (Lipinski definition) is 2. The van der Waals surface area contributed by atoms with E-state index in [9.17, 15) is 0 Å². The number of nitrogens with zero attached hydrogens (tertiary/aromatic N) is 2. The lowest BCUT2D eigenvalue weighted by Gasteiger charge is -2.07. The lowest BCUT2D eigenvalue weighted by molar-refractivity contribution is 0.415. The van der Waals surface area contributed by atoms with Gasteiger partial charge in [0.1, 0.15) is 11.4 Å². The number of aryl methyl sites for hydroxylation is 1. The molecule has 2 rings (SSSR count). The van der Waals surface area contributed by atoms with Gasteiger partial charge in [0.25, 0.3) is 0 Å². The number of aromatic amines is 1. The number of hydrogen-bond acceptors (Lipinski definition) is 5. The summed E-state index contributed by atoms with van der Waals surface area (Å²) in [6.07, 6.45) is 0. The first-order chi connectivity index (χ1) is 8.19. The summed E-state index contributed by atoms with van der Waals surface area (Å²) in [5, 5.41) is 9.82. The molecule has 0 amide bonds. The molecule has 0 spiro atoms. The monoisotopic (exact) mass is 248 g/mol. The Labute approximate surface area is 104 Å². The van der Waals surface area contributed by atoms with Gasteiger partial charge in [-0.25, -0.2) is 0 Å². The van der Waals surface area contributed by atoms with Crippen LogP contribution in [0.25, 0.3) is 0 Å². The maximum atomic E-state index is 5.08. The van der Waals surface area contributed by atoms with Crippen LogP contribution in [0.1, 0.15) is 5.69 Å².